The van der Waals surface area contributed by atoms with Gasteiger partial charge in [-0.05, 0) is 23.8 Å². The van der Waals surface area contributed by atoms with Gasteiger partial charge in [0.1, 0.15) is 5.75 Å². The van der Waals surface area contributed by atoms with E-state index in [0.29, 0.717) is 18.7 Å². The summed E-state index contributed by atoms with van der Waals surface area (Å²) in [5.74, 6) is 0.842. The molecule has 1 saturated heterocycles. The summed E-state index contributed by atoms with van der Waals surface area (Å²) in [4.78, 5) is 14.5. The van der Waals surface area contributed by atoms with Gasteiger partial charge in [-0.3, -0.25) is 4.57 Å². The summed E-state index contributed by atoms with van der Waals surface area (Å²) in [6.07, 6.45) is 0. The number of rotatable bonds is 4. The zero-order valence-corrected chi connectivity index (χ0v) is 15.0. The zero-order chi connectivity index (χ0) is 18.4. The third-order valence-electron chi connectivity index (χ3n) is 6.06. The normalized spacial score (nSPS) is 24.6. The van der Waals surface area contributed by atoms with Crippen LogP contribution in [-0.4, -0.2) is 47.4 Å². The van der Waals surface area contributed by atoms with Crippen LogP contribution in [-0.2, 0) is 6.54 Å². The van der Waals surface area contributed by atoms with Crippen LogP contribution < -0.4 is 10.5 Å². The number of para-hydroxylation sites is 3. The Morgan fingerprint density at radius 3 is 2.81 bits per heavy atom. The summed E-state index contributed by atoms with van der Waals surface area (Å²) in [6.45, 7) is 3.52. The van der Waals surface area contributed by atoms with Crippen molar-refractivity contribution in [2.45, 2.75) is 12.5 Å². The van der Waals surface area contributed by atoms with E-state index in [9.17, 15) is 9.90 Å². The standard InChI is InChI=1S/C21H22N2O4/c24-13-21-12-22(11-16(21)15-5-1-3-7-18(15)26-14-21)9-10-23-17-6-2-4-8-19(17)27-20(23)25/h1-8,16,24H,9-14H2/t16?,21-/m1/s1. The Hall–Kier alpha value is -2.57. The quantitative estimate of drug-likeness (QED) is 0.766. The molecule has 140 valence electrons. The van der Waals surface area contributed by atoms with E-state index in [1.165, 1.54) is 5.56 Å². The van der Waals surface area contributed by atoms with Crippen LogP contribution in [0.25, 0.3) is 11.1 Å². The van der Waals surface area contributed by atoms with Crippen LogP contribution in [0.3, 0.4) is 0 Å². The highest BCUT2D eigenvalue weighted by molar-refractivity contribution is 5.72. The predicted octanol–water partition coefficient (Wildman–Crippen LogP) is 2.06. The molecular weight excluding hydrogens is 344 g/mol. The van der Waals surface area contributed by atoms with E-state index >= 15 is 0 Å². The average Bonchev–Trinajstić information content (AvgIpc) is 3.24. The van der Waals surface area contributed by atoms with Crippen molar-refractivity contribution in [1.29, 1.82) is 0 Å². The number of oxazole rings is 1. The molecule has 0 aliphatic carbocycles. The van der Waals surface area contributed by atoms with Gasteiger partial charge in [-0.2, -0.15) is 0 Å². The van der Waals surface area contributed by atoms with Crippen molar-refractivity contribution in [3.05, 3.63) is 64.6 Å². The maximum atomic E-state index is 12.2. The first-order valence-electron chi connectivity index (χ1n) is 9.33. The van der Waals surface area contributed by atoms with Crippen molar-refractivity contribution in [3.8, 4) is 5.75 Å². The molecule has 2 aliphatic rings. The minimum atomic E-state index is -0.321. The van der Waals surface area contributed by atoms with Crippen molar-refractivity contribution in [3.63, 3.8) is 0 Å². The summed E-state index contributed by atoms with van der Waals surface area (Å²) < 4.78 is 13.0. The number of benzene rings is 2. The summed E-state index contributed by atoms with van der Waals surface area (Å²) >= 11 is 0. The number of aliphatic hydroxyl groups excluding tert-OH is 1. The average molecular weight is 366 g/mol. The molecule has 2 atom stereocenters. The predicted molar refractivity (Wildman–Crippen MR) is 101 cm³/mol. The number of fused-ring (bicyclic) bond motifs is 4. The maximum Gasteiger partial charge on any atom is 0.419 e. The molecule has 1 fully saturated rings. The van der Waals surface area contributed by atoms with Gasteiger partial charge in [-0.1, -0.05) is 30.3 Å². The molecule has 2 aromatic carbocycles. The third kappa shape index (κ3) is 2.59. The minimum Gasteiger partial charge on any atom is -0.493 e. The van der Waals surface area contributed by atoms with Gasteiger partial charge in [-0.25, -0.2) is 4.79 Å². The second-order valence-electron chi connectivity index (χ2n) is 7.62. The van der Waals surface area contributed by atoms with Gasteiger partial charge in [0.2, 0.25) is 0 Å². The van der Waals surface area contributed by atoms with Crippen LogP contribution in [0.5, 0.6) is 5.75 Å². The van der Waals surface area contributed by atoms with Gasteiger partial charge in [0, 0.05) is 37.5 Å². The molecule has 1 aromatic heterocycles. The summed E-state index contributed by atoms with van der Waals surface area (Å²) in [7, 11) is 0. The van der Waals surface area contributed by atoms with Crippen LogP contribution in [0, 0.1) is 5.41 Å². The summed E-state index contributed by atoms with van der Waals surface area (Å²) in [6, 6.07) is 15.6. The second kappa shape index (κ2) is 6.25. The zero-order valence-electron chi connectivity index (χ0n) is 15.0. The Labute approximate surface area is 156 Å². The summed E-state index contributed by atoms with van der Waals surface area (Å²) in [5, 5.41) is 10.2. The van der Waals surface area contributed by atoms with Crippen LogP contribution in [0.1, 0.15) is 11.5 Å². The number of hydrogen-bond acceptors (Lipinski definition) is 5. The highest BCUT2D eigenvalue weighted by Crippen LogP contribution is 2.49. The van der Waals surface area contributed by atoms with Crippen molar-refractivity contribution in [2.75, 3.05) is 32.8 Å². The molecule has 0 radical (unpaired) electrons. The molecule has 0 spiro atoms. The van der Waals surface area contributed by atoms with Crippen molar-refractivity contribution < 1.29 is 14.3 Å². The highest BCUT2D eigenvalue weighted by atomic mass is 16.5. The topological polar surface area (TPSA) is 67.8 Å². The first kappa shape index (κ1) is 16.6. The summed E-state index contributed by atoms with van der Waals surface area (Å²) in [5.41, 5.74) is 2.33. The van der Waals surface area contributed by atoms with Gasteiger partial charge < -0.3 is 19.2 Å². The molecule has 1 N–H and O–H groups in total. The number of likely N-dealkylation sites (tertiary alicyclic amines) is 1. The van der Waals surface area contributed by atoms with E-state index in [2.05, 4.69) is 11.0 Å². The number of nitrogens with zero attached hydrogens (tertiary/aromatic N) is 2. The molecule has 0 saturated carbocycles. The Morgan fingerprint density at radius 1 is 1.11 bits per heavy atom. The molecule has 27 heavy (non-hydrogen) atoms. The lowest BCUT2D eigenvalue weighted by Gasteiger charge is -2.38. The fraction of sp³-hybridized carbons (Fsp3) is 0.381. The molecule has 6 heteroatoms. The monoisotopic (exact) mass is 366 g/mol. The SMILES string of the molecule is O=c1oc2ccccc2n1CCN1CC2c3ccccc3OC[C@]2(CO)C1. The van der Waals surface area contributed by atoms with E-state index in [4.69, 9.17) is 9.15 Å². The van der Waals surface area contributed by atoms with Gasteiger partial charge in [0.05, 0.1) is 18.7 Å². The van der Waals surface area contributed by atoms with Crippen molar-refractivity contribution >= 4 is 11.1 Å². The largest absolute Gasteiger partial charge is 0.493 e. The lowest BCUT2D eigenvalue weighted by Crippen LogP contribution is -2.42. The lowest BCUT2D eigenvalue weighted by atomic mass is 9.74. The minimum absolute atomic E-state index is 0.0943. The molecule has 1 unspecified atom stereocenters. The Bertz CT molecular complexity index is 1040. The van der Waals surface area contributed by atoms with Crippen LogP contribution in [0.2, 0.25) is 0 Å². The van der Waals surface area contributed by atoms with Crippen molar-refractivity contribution in [2.24, 2.45) is 5.41 Å². The Balaban J connectivity index is 1.39. The van der Waals surface area contributed by atoms with E-state index < -0.39 is 0 Å². The van der Waals surface area contributed by atoms with Gasteiger partial charge >= 0.3 is 5.76 Å². The Kier molecular flexibility index (Phi) is 3.84. The number of aromatic nitrogens is 1. The first-order chi connectivity index (χ1) is 13.2. The van der Waals surface area contributed by atoms with E-state index in [0.717, 1.165) is 30.9 Å². The third-order valence-corrected chi connectivity index (χ3v) is 6.06. The lowest BCUT2D eigenvalue weighted by molar-refractivity contribution is 0.0460. The molecule has 3 heterocycles. The molecule has 3 aromatic rings. The molecule has 0 amide bonds. The van der Waals surface area contributed by atoms with Gasteiger partial charge in [0.15, 0.2) is 5.58 Å². The van der Waals surface area contributed by atoms with Gasteiger partial charge in [-0.15, -0.1) is 0 Å². The van der Waals surface area contributed by atoms with E-state index in [1.54, 1.807) is 4.57 Å². The van der Waals surface area contributed by atoms with Crippen LogP contribution >= 0.6 is 0 Å². The molecule has 0 bridgehead atoms. The molecule has 2 aliphatic heterocycles. The maximum absolute atomic E-state index is 12.2. The number of hydrogen-bond donors (Lipinski definition) is 1. The molecule has 5 rings (SSSR count). The highest BCUT2D eigenvalue weighted by Gasteiger charge is 2.50. The fourth-order valence-electron chi connectivity index (χ4n) is 4.61. The first-order valence-corrected chi connectivity index (χ1v) is 9.33. The van der Waals surface area contributed by atoms with Crippen LogP contribution in [0.4, 0.5) is 0 Å². The Morgan fingerprint density at radius 2 is 1.93 bits per heavy atom. The smallest absolute Gasteiger partial charge is 0.419 e. The van der Waals surface area contributed by atoms with Gasteiger partial charge in [0.25, 0.3) is 0 Å². The number of aliphatic hydroxyl groups is 1. The van der Waals surface area contributed by atoms with Crippen LogP contribution in [0.15, 0.2) is 57.7 Å². The van der Waals surface area contributed by atoms with E-state index in [1.807, 2.05) is 42.5 Å². The second-order valence-corrected chi connectivity index (χ2v) is 7.62. The van der Waals surface area contributed by atoms with Crippen molar-refractivity contribution in [1.82, 2.24) is 9.47 Å². The van der Waals surface area contributed by atoms with E-state index in [-0.39, 0.29) is 23.7 Å². The molecule has 6 nitrogen and oxygen atoms in total. The fourth-order valence-corrected chi connectivity index (χ4v) is 4.61. The molecular formula is C21H22N2O4. The number of ether oxygens (including phenoxy) is 1.